The predicted molar refractivity (Wildman–Crippen MR) is 105 cm³/mol. The molecule has 1 N–H and O–H groups in total. The summed E-state index contributed by atoms with van der Waals surface area (Å²) in [5.74, 6) is 0.0819. The highest BCUT2D eigenvalue weighted by molar-refractivity contribution is 5.74. The molecule has 2 aliphatic rings. The predicted octanol–water partition coefficient (Wildman–Crippen LogP) is 3.09. The molecule has 2 aliphatic heterocycles. The van der Waals surface area contributed by atoms with Crippen LogP contribution in [0.15, 0.2) is 30.3 Å². The van der Waals surface area contributed by atoms with E-state index in [0.717, 1.165) is 51.9 Å². The first-order valence-corrected chi connectivity index (χ1v) is 10.0. The number of likely N-dealkylation sites (tertiary alicyclic amines) is 2. The van der Waals surface area contributed by atoms with Crippen LogP contribution in [0.2, 0.25) is 0 Å². The number of aryl methyl sites for hydroxylation is 1. The van der Waals surface area contributed by atoms with Gasteiger partial charge in [0.1, 0.15) is 0 Å². The number of amides is 1. The third-order valence-electron chi connectivity index (χ3n) is 6.71. The summed E-state index contributed by atoms with van der Waals surface area (Å²) < 4.78 is 0. The summed E-state index contributed by atoms with van der Waals surface area (Å²) in [4.78, 5) is 16.6. The quantitative estimate of drug-likeness (QED) is 0.899. The third kappa shape index (κ3) is 4.12. The maximum Gasteiger partial charge on any atom is 0.219 e. The number of hydrogen-bond donors (Lipinski definition) is 1. The zero-order valence-corrected chi connectivity index (χ0v) is 16.6. The van der Waals surface area contributed by atoms with Crippen molar-refractivity contribution in [2.75, 3.05) is 26.2 Å². The molecule has 3 rings (SSSR count). The molecule has 1 spiro atoms. The molecule has 2 fully saturated rings. The van der Waals surface area contributed by atoms with Crippen molar-refractivity contribution in [1.82, 2.24) is 9.80 Å². The van der Waals surface area contributed by atoms with Crippen molar-refractivity contribution in [2.24, 2.45) is 5.41 Å². The van der Waals surface area contributed by atoms with Crippen molar-refractivity contribution in [3.8, 4) is 0 Å². The van der Waals surface area contributed by atoms with Gasteiger partial charge in [0.05, 0.1) is 11.6 Å². The maximum absolute atomic E-state index is 12.1. The van der Waals surface area contributed by atoms with Gasteiger partial charge in [0, 0.05) is 13.5 Å². The molecule has 4 heteroatoms. The minimum Gasteiger partial charge on any atom is -0.391 e. The highest BCUT2D eigenvalue weighted by Crippen LogP contribution is 2.45. The summed E-state index contributed by atoms with van der Waals surface area (Å²) in [5, 5.41) is 10.7. The summed E-state index contributed by atoms with van der Waals surface area (Å²) in [5.41, 5.74) is 1.05. The number of nitrogens with zero attached hydrogens (tertiary/aromatic N) is 2. The van der Waals surface area contributed by atoms with Crippen molar-refractivity contribution in [3.05, 3.63) is 35.9 Å². The number of carbonyl (C=O) groups is 1. The molecule has 0 bridgehead atoms. The molecule has 144 valence electrons. The first-order chi connectivity index (χ1) is 12.3. The molecule has 0 saturated carbocycles. The Bertz CT molecular complexity index is 606. The van der Waals surface area contributed by atoms with Crippen molar-refractivity contribution in [2.45, 2.75) is 64.5 Å². The van der Waals surface area contributed by atoms with Crippen LogP contribution in [-0.2, 0) is 11.2 Å². The van der Waals surface area contributed by atoms with Gasteiger partial charge in [-0.1, -0.05) is 30.3 Å². The fraction of sp³-hybridized carbons (Fsp3) is 0.682. The smallest absolute Gasteiger partial charge is 0.219 e. The van der Waals surface area contributed by atoms with Gasteiger partial charge >= 0.3 is 0 Å². The van der Waals surface area contributed by atoms with Gasteiger partial charge in [-0.25, -0.2) is 0 Å². The van der Waals surface area contributed by atoms with E-state index in [-0.39, 0.29) is 11.3 Å². The van der Waals surface area contributed by atoms with Crippen molar-refractivity contribution >= 4 is 5.91 Å². The normalized spacial score (nSPS) is 25.4. The molecule has 1 atom stereocenters. The van der Waals surface area contributed by atoms with Crippen LogP contribution >= 0.6 is 0 Å². The number of rotatable bonds is 4. The van der Waals surface area contributed by atoms with E-state index in [0.29, 0.717) is 0 Å². The molecule has 1 aromatic carbocycles. The van der Waals surface area contributed by atoms with Crippen LogP contribution in [0.4, 0.5) is 0 Å². The van der Waals surface area contributed by atoms with E-state index >= 15 is 0 Å². The second kappa shape index (κ2) is 7.69. The summed E-state index contributed by atoms with van der Waals surface area (Å²) in [6.07, 6.45) is 4.86. The lowest BCUT2D eigenvalue weighted by molar-refractivity contribution is -0.157. The Labute approximate surface area is 158 Å². The summed E-state index contributed by atoms with van der Waals surface area (Å²) in [7, 11) is 0. The third-order valence-corrected chi connectivity index (χ3v) is 6.71. The molecule has 0 aromatic heterocycles. The minimum atomic E-state index is -0.454. The molecule has 2 heterocycles. The Morgan fingerprint density at radius 3 is 2.46 bits per heavy atom. The van der Waals surface area contributed by atoms with Crippen LogP contribution in [0.5, 0.6) is 0 Å². The van der Waals surface area contributed by atoms with Crippen LogP contribution < -0.4 is 0 Å². The number of aliphatic hydroxyl groups is 1. The molecule has 0 radical (unpaired) electrons. The minimum absolute atomic E-state index is 0.0819. The van der Waals surface area contributed by atoms with E-state index in [2.05, 4.69) is 35.2 Å². The summed E-state index contributed by atoms with van der Waals surface area (Å²) >= 11 is 0. The largest absolute Gasteiger partial charge is 0.391 e. The highest BCUT2D eigenvalue weighted by Gasteiger charge is 2.50. The lowest BCUT2D eigenvalue weighted by Crippen LogP contribution is -2.64. The fourth-order valence-corrected chi connectivity index (χ4v) is 4.73. The van der Waals surface area contributed by atoms with Crippen LogP contribution in [0.3, 0.4) is 0 Å². The first kappa shape index (κ1) is 19.4. The average molecular weight is 359 g/mol. The molecule has 4 nitrogen and oxygen atoms in total. The van der Waals surface area contributed by atoms with E-state index in [4.69, 9.17) is 0 Å². The molecule has 26 heavy (non-hydrogen) atoms. The van der Waals surface area contributed by atoms with Gasteiger partial charge in [0.25, 0.3) is 0 Å². The highest BCUT2D eigenvalue weighted by atomic mass is 16.3. The number of aliphatic hydroxyl groups excluding tert-OH is 1. The number of hydrogen-bond acceptors (Lipinski definition) is 3. The van der Waals surface area contributed by atoms with Crippen molar-refractivity contribution < 1.29 is 9.90 Å². The zero-order valence-electron chi connectivity index (χ0n) is 16.6. The van der Waals surface area contributed by atoms with Crippen LogP contribution in [0, 0.1) is 5.41 Å². The number of piperidine rings is 2. The van der Waals surface area contributed by atoms with Crippen LogP contribution in [0.25, 0.3) is 0 Å². The Morgan fingerprint density at radius 2 is 1.85 bits per heavy atom. The second-order valence-corrected chi connectivity index (χ2v) is 8.91. The van der Waals surface area contributed by atoms with E-state index in [1.807, 2.05) is 18.7 Å². The lowest BCUT2D eigenvalue weighted by atomic mass is 9.67. The van der Waals surface area contributed by atoms with Gasteiger partial charge in [-0.05, 0) is 76.6 Å². The number of carbonyl (C=O) groups excluding carboxylic acids is 1. The molecule has 1 amide bonds. The standard InChI is InChI=1S/C22H34N2O2/c1-18(25)24-17-22(16-20(26)21(24,2)3)11-14-23(15-12-22)13-7-10-19-8-5-4-6-9-19/h4-6,8-9,20,26H,7,10-17H2,1-3H3/t20-/m1/s1. The molecule has 1 aromatic rings. The molecular formula is C22H34N2O2. The van der Waals surface area contributed by atoms with Gasteiger partial charge in [-0.2, -0.15) is 0 Å². The van der Waals surface area contributed by atoms with Gasteiger partial charge in [0.15, 0.2) is 0 Å². The molecular weight excluding hydrogens is 324 g/mol. The van der Waals surface area contributed by atoms with Crippen molar-refractivity contribution in [3.63, 3.8) is 0 Å². The Kier molecular flexibility index (Phi) is 5.73. The van der Waals surface area contributed by atoms with E-state index < -0.39 is 11.6 Å². The Morgan fingerprint density at radius 1 is 1.19 bits per heavy atom. The lowest BCUT2D eigenvalue weighted by Gasteiger charge is -2.55. The summed E-state index contributed by atoms with van der Waals surface area (Å²) in [6.45, 7) is 9.70. The summed E-state index contributed by atoms with van der Waals surface area (Å²) in [6, 6.07) is 10.7. The van der Waals surface area contributed by atoms with Crippen LogP contribution in [0.1, 0.15) is 52.0 Å². The second-order valence-electron chi connectivity index (χ2n) is 8.91. The van der Waals surface area contributed by atoms with E-state index in [1.54, 1.807) is 6.92 Å². The molecule has 0 unspecified atom stereocenters. The van der Waals surface area contributed by atoms with Gasteiger partial charge in [0.2, 0.25) is 5.91 Å². The molecule has 0 aliphatic carbocycles. The fourth-order valence-electron chi connectivity index (χ4n) is 4.73. The van der Waals surface area contributed by atoms with Gasteiger partial charge in [-0.3, -0.25) is 4.79 Å². The van der Waals surface area contributed by atoms with Crippen molar-refractivity contribution in [1.29, 1.82) is 0 Å². The zero-order chi connectivity index (χ0) is 18.8. The maximum atomic E-state index is 12.1. The van der Waals surface area contributed by atoms with Gasteiger partial charge in [-0.15, -0.1) is 0 Å². The van der Waals surface area contributed by atoms with E-state index in [9.17, 15) is 9.90 Å². The first-order valence-electron chi connectivity index (χ1n) is 10.0. The number of benzene rings is 1. The topological polar surface area (TPSA) is 43.8 Å². The SMILES string of the molecule is CC(=O)N1CC2(CCN(CCCc3ccccc3)CC2)C[C@@H](O)C1(C)C. The van der Waals surface area contributed by atoms with E-state index in [1.165, 1.54) is 12.0 Å². The average Bonchev–Trinajstić information content (AvgIpc) is 2.61. The monoisotopic (exact) mass is 358 g/mol. The molecule has 2 saturated heterocycles. The van der Waals surface area contributed by atoms with Gasteiger partial charge < -0.3 is 14.9 Å². The Balaban J connectivity index is 1.52. The Hall–Kier alpha value is -1.39. The van der Waals surface area contributed by atoms with Crippen LogP contribution in [-0.4, -0.2) is 58.6 Å².